The molecule has 10 heteroatoms. The highest BCUT2D eigenvalue weighted by molar-refractivity contribution is 7.45. The maximum absolute atomic E-state index is 12.8. The number of unbranched alkanes of at least 4 members (excludes halogenated alkanes) is 17. The molecule has 2 unspecified atom stereocenters. The highest BCUT2D eigenvalue weighted by Gasteiger charge is 2.23. The first-order valence-electron chi connectivity index (χ1n) is 21.8. The maximum atomic E-state index is 12.8. The highest BCUT2D eigenvalue weighted by Crippen LogP contribution is 2.38. The molecule has 9 nitrogen and oxygen atoms in total. The Morgan fingerprint density at radius 3 is 1.87 bits per heavy atom. The summed E-state index contributed by atoms with van der Waals surface area (Å²) < 4.78 is 23.1. The van der Waals surface area contributed by atoms with Gasteiger partial charge in [0.1, 0.15) is 13.2 Å². The third-order valence-electron chi connectivity index (χ3n) is 9.30. The van der Waals surface area contributed by atoms with Crippen LogP contribution in [0.2, 0.25) is 0 Å². The number of carbonyl (C=O) groups excluding carboxylic acids is 1. The van der Waals surface area contributed by atoms with E-state index < -0.39 is 32.7 Å². The van der Waals surface area contributed by atoms with Crippen LogP contribution < -0.4 is 10.2 Å². The summed E-state index contributed by atoms with van der Waals surface area (Å²) in [5.74, 6) is -0.300. The van der Waals surface area contributed by atoms with Crippen LogP contribution in [-0.2, 0) is 18.4 Å². The Morgan fingerprint density at radius 2 is 1.24 bits per heavy atom. The minimum absolute atomic E-state index is 0.0290. The lowest BCUT2D eigenvalue weighted by Crippen LogP contribution is -2.45. The number of nitrogens with zero attached hydrogens (tertiary/aromatic N) is 1. The van der Waals surface area contributed by atoms with E-state index in [9.17, 15) is 24.5 Å². The molecule has 1 amide bonds. The second kappa shape index (κ2) is 36.5. The predicted molar refractivity (Wildman–Crippen MR) is 230 cm³/mol. The number of carbonyl (C=O) groups is 1. The molecule has 4 atom stereocenters. The number of nitrogens with one attached hydrogen (secondary N) is 1. The van der Waals surface area contributed by atoms with E-state index in [0.29, 0.717) is 30.3 Å². The summed E-state index contributed by atoms with van der Waals surface area (Å²) in [6.07, 6.45) is 42.9. The fraction of sp³-hybridized carbons (Fsp3) is 0.756. The average molecular weight is 795 g/mol. The second-order valence-corrected chi connectivity index (χ2v) is 17.3. The molecule has 0 aliphatic carbocycles. The molecule has 3 N–H and O–H groups in total. The van der Waals surface area contributed by atoms with E-state index in [1.54, 1.807) is 12.2 Å². The summed E-state index contributed by atoms with van der Waals surface area (Å²) in [4.78, 5) is 25.2. The lowest BCUT2D eigenvalue weighted by Gasteiger charge is -2.29. The fourth-order valence-corrected chi connectivity index (χ4v) is 6.48. The molecule has 0 radical (unpaired) electrons. The van der Waals surface area contributed by atoms with Crippen LogP contribution in [0.15, 0.2) is 60.8 Å². The molecule has 0 aromatic rings. The first-order valence-corrected chi connectivity index (χ1v) is 23.2. The normalized spacial score (nSPS) is 15.6. The Kier molecular flexibility index (Phi) is 35.3. The lowest BCUT2D eigenvalue weighted by atomic mass is 10.0. The molecule has 0 heterocycles. The standard InChI is InChI=1S/C45H83N2O7P/c1-6-8-10-12-14-16-17-18-19-20-21-23-25-29-33-37-44(49)43(41-54-55(51,52)53-40-39-47(3,4)5)46-45(50)38-34-30-26-28-32-36-42(48)35-31-27-24-22-15-13-11-9-7-2/h15,22,26-28,31-33,36-37,42-44,48-49H,6-14,16-21,23-25,29-30,34-35,38-41H2,1-5H3,(H-,46,50,51,52)/b22-15-,28-26+,31-27-,36-32-,37-33+/t42?,43-,44+/m0/s1. The van der Waals surface area contributed by atoms with E-state index in [4.69, 9.17) is 9.05 Å². The minimum atomic E-state index is -4.62. The van der Waals surface area contributed by atoms with Crippen LogP contribution in [0, 0.1) is 0 Å². The largest absolute Gasteiger partial charge is 0.756 e. The smallest absolute Gasteiger partial charge is 0.268 e. The van der Waals surface area contributed by atoms with Gasteiger partial charge >= 0.3 is 0 Å². The van der Waals surface area contributed by atoms with Gasteiger partial charge < -0.3 is 34.0 Å². The van der Waals surface area contributed by atoms with Crippen molar-refractivity contribution in [3.63, 3.8) is 0 Å². The van der Waals surface area contributed by atoms with E-state index in [2.05, 4.69) is 37.4 Å². The number of hydrogen-bond donors (Lipinski definition) is 3. The zero-order valence-electron chi connectivity index (χ0n) is 35.7. The van der Waals surface area contributed by atoms with Crippen LogP contribution in [-0.4, -0.2) is 79.8 Å². The van der Waals surface area contributed by atoms with Crippen molar-refractivity contribution in [1.29, 1.82) is 0 Å². The van der Waals surface area contributed by atoms with E-state index in [0.717, 1.165) is 32.1 Å². The molecule has 0 rings (SSSR count). The molecule has 0 aromatic heterocycles. The van der Waals surface area contributed by atoms with Crippen molar-refractivity contribution < 1.29 is 38.0 Å². The second-order valence-electron chi connectivity index (χ2n) is 15.9. The van der Waals surface area contributed by atoms with E-state index >= 15 is 0 Å². The minimum Gasteiger partial charge on any atom is -0.756 e. The topological polar surface area (TPSA) is 128 Å². The van der Waals surface area contributed by atoms with E-state index in [-0.39, 0.29) is 18.9 Å². The molecule has 0 aliphatic heterocycles. The van der Waals surface area contributed by atoms with Gasteiger partial charge in [-0.1, -0.05) is 164 Å². The Bertz CT molecular complexity index is 1100. The van der Waals surface area contributed by atoms with Crippen LogP contribution in [0.3, 0.4) is 0 Å². The third-order valence-corrected chi connectivity index (χ3v) is 10.3. The Hall–Kier alpha value is -1.84. The van der Waals surface area contributed by atoms with Crippen LogP contribution >= 0.6 is 7.82 Å². The molecule has 0 aromatic carbocycles. The molecular weight excluding hydrogens is 711 g/mol. The van der Waals surface area contributed by atoms with Crippen LogP contribution in [0.4, 0.5) is 0 Å². The van der Waals surface area contributed by atoms with Crippen molar-refractivity contribution in [3.8, 4) is 0 Å². The zero-order chi connectivity index (χ0) is 40.9. The molecule has 0 bridgehead atoms. The number of likely N-dealkylation sites (N-methyl/N-ethyl adjacent to an activating group) is 1. The number of allylic oxidation sites excluding steroid dienone is 7. The molecule has 0 spiro atoms. The number of aliphatic hydroxyl groups excluding tert-OH is 2. The highest BCUT2D eigenvalue weighted by atomic mass is 31.2. The molecule has 320 valence electrons. The number of amides is 1. The van der Waals surface area contributed by atoms with Crippen molar-refractivity contribution in [2.75, 3.05) is 40.9 Å². The SMILES string of the molecule is CCCCC/C=C\C/C=C\CC(O)/C=C\C=C\CCCC(=O)N[C@@H](COP(=O)([O-])OCC[N+](C)(C)C)[C@H](O)/C=C/CCCCCCCCCCCCCCC. The van der Waals surface area contributed by atoms with Crippen LogP contribution in [0.25, 0.3) is 0 Å². The zero-order valence-corrected chi connectivity index (χ0v) is 36.6. The molecule has 0 fully saturated rings. The summed E-state index contributed by atoms with van der Waals surface area (Å²) in [6.45, 7) is 4.47. The van der Waals surface area contributed by atoms with Gasteiger partial charge in [0.25, 0.3) is 7.82 Å². The van der Waals surface area contributed by atoms with E-state index in [1.807, 2.05) is 51.5 Å². The van der Waals surface area contributed by atoms with Gasteiger partial charge in [0.05, 0.1) is 46.0 Å². The summed E-state index contributed by atoms with van der Waals surface area (Å²) in [6, 6.07) is -0.949. The molecule has 0 saturated heterocycles. The van der Waals surface area contributed by atoms with Gasteiger partial charge in [0.15, 0.2) is 0 Å². The first-order chi connectivity index (χ1) is 26.4. The van der Waals surface area contributed by atoms with Crippen molar-refractivity contribution in [1.82, 2.24) is 5.32 Å². The quantitative estimate of drug-likeness (QED) is 0.0187. The monoisotopic (exact) mass is 795 g/mol. The van der Waals surface area contributed by atoms with Gasteiger partial charge in [-0.2, -0.15) is 0 Å². The summed E-state index contributed by atoms with van der Waals surface area (Å²) >= 11 is 0. The van der Waals surface area contributed by atoms with Crippen molar-refractivity contribution in [2.45, 2.75) is 180 Å². The van der Waals surface area contributed by atoms with Gasteiger partial charge in [-0.25, -0.2) is 0 Å². The number of aliphatic hydroxyl groups is 2. The number of phosphoric ester groups is 1. The number of rotatable bonds is 38. The summed E-state index contributed by atoms with van der Waals surface area (Å²) in [5, 5.41) is 23.8. The molecular formula is C45H83N2O7P. The fourth-order valence-electron chi connectivity index (χ4n) is 5.75. The molecule has 55 heavy (non-hydrogen) atoms. The summed E-state index contributed by atoms with van der Waals surface area (Å²) in [5.41, 5.74) is 0. The Labute approximate surface area is 337 Å². The van der Waals surface area contributed by atoms with Crippen molar-refractivity contribution in [3.05, 3.63) is 60.8 Å². The Morgan fingerprint density at radius 1 is 0.691 bits per heavy atom. The van der Waals surface area contributed by atoms with Crippen LogP contribution in [0.1, 0.15) is 162 Å². The van der Waals surface area contributed by atoms with Crippen molar-refractivity contribution in [2.24, 2.45) is 0 Å². The van der Waals surface area contributed by atoms with Gasteiger partial charge in [-0.15, -0.1) is 0 Å². The number of quaternary nitrogens is 1. The third kappa shape index (κ3) is 38.8. The van der Waals surface area contributed by atoms with Gasteiger partial charge in [-0.05, 0) is 51.4 Å². The summed E-state index contributed by atoms with van der Waals surface area (Å²) in [7, 11) is 1.16. The van der Waals surface area contributed by atoms with Gasteiger partial charge in [0, 0.05) is 6.42 Å². The van der Waals surface area contributed by atoms with Gasteiger partial charge in [-0.3, -0.25) is 9.36 Å². The average Bonchev–Trinajstić information content (AvgIpc) is 3.13. The van der Waals surface area contributed by atoms with Crippen LogP contribution in [0.5, 0.6) is 0 Å². The lowest BCUT2D eigenvalue weighted by molar-refractivity contribution is -0.870. The first kappa shape index (κ1) is 53.2. The van der Waals surface area contributed by atoms with Gasteiger partial charge in [0.2, 0.25) is 5.91 Å². The van der Waals surface area contributed by atoms with E-state index in [1.165, 1.54) is 89.9 Å². The molecule has 0 saturated carbocycles. The molecule has 0 aliphatic rings. The number of hydrogen-bond acceptors (Lipinski definition) is 7. The Balaban J connectivity index is 4.66. The number of phosphoric acid groups is 1. The van der Waals surface area contributed by atoms with Crippen molar-refractivity contribution >= 4 is 13.7 Å². The predicted octanol–water partition coefficient (Wildman–Crippen LogP) is 10.2. The maximum Gasteiger partial charge on any atom is 0.268 e.